The number of nitrogens with zero attached hydrogens (tertiary/aromatic N) is 1. The molecule has 0 aromatic carbocycles. The molecule has 0 heterocycles. The van der Waals surface area contributed by atoms with E-state index in [0.717, 1.165) is 6.54 Å². The summed E-state index contributed by atoms with van der Waals surface area (Å²) in [6.07, 6.45) is 3.72. The molecule has 9 heavy (non-hydrogen) atoms. The lowest BCUT2D eigenvalue weighted by Crippen LogP contribution is -2.20. The zero-order chi connectivity index (χ0) is 7.11. The predicted octanol–water partition coefficient (Wildman–Crippen LogP) is 1.06. The van der Waals surface area contributed by atoms with E-state index in [0.29, 0.717) is 0 Å². The molecular formula is C7H17NO. The molecule has 0 bridgehead atoms. The van der Waals surface area contributed by atoms with E-state index in [4.69, 9.17) is 5.11 Å². The van der Waals surface area contributed by atoms with E-state index in [9.17, 15) is 0 Å². The van der Waals surface area contributed by atoms with Crippen LogP contribution in [0.4, 0.5) is 0 Å². The van der Waals surface area contributed by atoms with Crippen molar-refractivity contribution in [2.24, 2.45) is 0 Å². The molecule has 0 atom stereocenters. The van der Waals surface area contributed by atoms with Crippen molar-refractivity contribution < 1.29 is 5.11 Å². The van der Waals surface area contributed by atoms with Crippen LogP contribution in [0, 0.1) is 0 Å². The van der Waals surface area contributed by atoms with Crippen molar-refractivity contribution in [1.29, 1.82) is 0 Å². The number of aliphatic hydroxyl groups is 1. The summed E-state index contributed by atoms with van der Waals surface area (Å²) >= 11 is 0. The summed E-state index contributed by atoms with van der Waals surface area (Å²) in [6, 6.07) is 0. The van der Waals surface area contributed by atoms with Gasteiger partial charge in [-0.2, -0.15) is 0 Å². The Hall–Kier alpha value is -0.0800. The molecule has 0 fully saturated rings. The Morgan fingerprint density at radius 2 is 2.00 bits per heavy atom. The van der Waals surface area contributed by atoms with Crippen molar-refractivity contribution in [3.05, 3.63) is 0 Å². The molecule has 0 rings (SSSR count). The van der Waals surface area contributed by atoms with Crippen molar-refractivity contribution in [2.45, 2.75) is 26.2 Å². The standard InChI is InChI=1S/C7H17NO/c1-3-4-5-6-8(2)7-9/h9H,3-7H2,1-2H3. The Morgan fingerprint density at radius 1 is 1.33 bits per heavy atom. The quantitative estimate of drug-likeness (QED) is 0.445. The van der Waals surface area contributed by atoms with Crippen molar-refractivity contribution in [2.75, 3.05) is 20.3 Å². The molecule has 0 unspecified atom stereocenters. The maximum atomic E-state index is 8.56. The Labute approximate surface area is 57.5 Å². The SMILES string of the molecule is CCCCCN(C)CO. The third kappa shape index (κ3) is 5.80. The van der Waals surface area contributed by atoms with Crippen molar-refractivity contribution in [3.63, 3.8) is 0 Å². The second-order valence-electron chi connectivity index (χ2n) is 2.43. The fraction of sp³-hybridized carbons (Fsp3) is 1.00. The Morgan fingerprint density at radius 3 is 2.44 bits per heavy atom. The molecule has 56 valence electrons. The molecule has 0 saturated carbocycles. The van der Waals surface area contributed by atoms with Gasteiger partial charge in [0.05, 0.1) is 6.73 Å². The fourth-order valence-corrected chi connectivity index (χ4v) is 0.702. The molecule has 0 aromatic heterocycles. The first-order valence-corrected chi connectivity index (χ1v) is 3.60. The Kier molecular flexibility index (Phi) is 5.99. The van der Waals surface area contributed by atoms with E-state index in [-0.39, 0.29) is 6.73 Å². The van der Waals surface area contributed by atoms with Gasteiger partial charge in [0.1, 0.15) is 0 Å². The van der Waals surface area contributed by atoms with Crippen LogP contribution in [-0.4, -0.2) is 30.3 Å². The third-order valence-electron chi connectivity index (χ3n) is 1.38. The second-order valence-corrected chi connectivity index (χ2v) is 2.43. The van der Waals surface area contributed by atoms with Crippen molar-refractivity contribution >= 4 is 0 Å². The van der Waals surface area contributed by atoms with Crippen LogP contribution >= 0.6 is 0 Å². The van der Waals surface area contributed by atoms with Crippen molar-refractivity contribution in [3.8, 4) is 0 Å². The van der Waals surface area contributed by atoms with Crippen LogP contribution in [0.15, 0.2) is 0 Å². The van der Waals surface area contributed by atoms with Gasteiger partial charge in [-0.15, -0.1) is 0 Å². The largest absolute Gasteiger partial charge is 0.381 e. The Balaban J connectivity index is 2.88. The summed E-state index contributed by atoms with van der Waals surface area (Å²) in [7, 11) is 1.93. The van der Waals surface area contributed by atoms with E-state index >= 15 is 0 Å². The molecule has 1 N–H and O–H groups in total. The van der Waals surface area contributed by atoms with Crippen LogP contribution in [0.25, 0.3) is 0 Å². The van der Waals surface area contributed by atoms with Gasteiger partial charge in [0.2, 0.25) is 0 Å². The molecule has 2 nitrogen and oxygen atoms in total. The highest BCUT2D eigenvalue weighted by molar-refractivity contribution is 4.44. The molecule has 0 aliphatic rings. The summed E-state index contributed by atoms with van der Waals surface area (Å²) in [5, 5.41) is 8.56. The first kappa shape index (κ1) is 8.92. The number of hydrogen-bond acceptors (Lipinski definition) is 2. The molecule has 0 aromatic rings. The number of hydrogen-bond donors (Lipinski definition) is 1. The average Bonchev–Trinajstić information content (AvgIpc) is 1.89. The number of unbranched alkanes of at least 4 members (excludes halogenated alkanes) is 2. The minimum atomic E-state index is 0.184. The number of aliphatic hydroxyl groups excluding tert-OH is 1. The maximum Gasteiger partial charge on any atom is 0.0954 e. The third-order valence-corrected chi connectivity index (χ3v) is 1.38. The lowest BCUT2D eigenvalue weighted by molar-refractivity contribution is 0.131. The first-order valence-electron chi connectivity index (χ1n) is 3.60. The monoisotopic (exact) mass is 131 g/mol. The zero-order valence-electron chi connectivity index (χ0n) is 6.43. The van der Waals surface area contributed by atoms with E-state index in [1.807, 2.05) is 11.9 Å². The summed E-state index contributed by atoms with van der Waals surface area (Å²) < 4.78 is 0. The summed E-state index contributed by atoms with van der Waals surface area (Å²) in [5.41, 5.74) is 0. The van der Waals surface area contributed by atoms with E-state index in [1.165, 1.54) is 19.3 Å². The van der Waals surface area contributed by atoms with Crippen LogP contribution in [-0.2, 0) is 0 Å². The summed E-state index contributed by atoms with van der Waals surface area (Å²) in [4.78, 5) is 1.91. The highest BCUT2D eigenvalue weighted by atomic mass is 16.3. The normalized spacial score (nSPS) is 10.7. The van der Waals surface area contributed by atoms with Gasteiger partial charge in [0, 0.05) is 0 Å². The van der Waals surface area contributed by atoms with Crippen LogP contribution in [0.3, 0.4) is 0 Å². The summed E-state index contributed by atoms with van der Waals surface area (Å²) in [6.45, 7) is 3.38. The Bertz CT molecular complexity index is 56.9. The molecule has 0 spiro atoms. The van der Waals surface area contributed by atoms with E-state index < -0.39 is 0 Å². The van der Waals surface area contributed by atoms with E-state index in [2.05, 4.69) is 6.92 Å². The van der Waals surface area contributed by atoms with Crippen LogP contribution < -0.4 is 0 Å². The van der Waals surface area contributed by atoms with Gasteiger partial charge in [-0.25, -0.2) is 0 Å². The highest BCUT2D eigenvalue weighted by Crippen LogP contribution is 1.94. The highest BCUT2D eigenvalue weighted by Gasteiger charge is 1.91. The summed E-state index contributed by atoms with van der Waals surface area (Å²) in [5.74, 6) is 0. The van der Waals surface area contributed by atoms with Gasteiger partial charge in [0.15, 0.2) is 0 Å². The lowest BCUT2D eigenvalue weighted by Gasteiger charge is -2.11. The fourth-order valence-electron chi connectivity index (χ4n) is 0.702. The van der Waals surface area contributed by atoms with Gasteiger partial charge in [0.25, 0.3) is 0 Å². The van der Waals surface area contributed by atoms with Crippen LogP contribution in [0.2, 0.25) is 0 Å². The van der Waals surface area contributed by atoms with E-state index in [1.54, 1.807) is 0 Å². The topological polar surface area (TPSA) is 23.5 Å². The predicted molar refractivity (Wildman–Crippen MR) is 39.2 cm³/mol. The molecule has 0 aliphatic heterocycles. The van der Waals surface area contributed by atoms with Gasteiger partial charge >= 0.3 is 0 Å². The van der Waals surface area contributed by atoms with Gasteiger partial charge in [-0.3, -0.25) is 4.90 Å². The zero-order valence-corrected chi connectivity index (χ0v) is 6.43. The van der Waals surface area contributed by atoms with Crippen LogP contribution in [0.1, 0.15) is 26.2 Å². The minimum absolute atomic E-state index is 0.184. The molecule has 0 saturated heterocycles. The molecule has 0 aliphatic carbocycles. The lowest BCUT2D eigenvalue weighted by atomic mass is 10.2. The molecule has 2 heteroatoms. The number of rotatable bonds is 5. The smallest absolute Gasteiger partial charge is 0.0954 e. The minimum Gasteiger partial charge on any atom is -0.381 e. The van der Waals surface area contributed by atoms with Gasteiger partial charge in [-0.1, -0.05) is 19.8 Å². The van der Waals surface area contributed by atoms with Crippen molar-refractivity contribution in [1.82, 2.24) is 4.90 Å². The first-order chi connectivity index (χ1) is 4.31. The van der Waals surface area contributed by atoms with Crippen LogP contribution in [0.5, 0.6) is 0 Å². The van der Waals surface area contributed by atoms with Gasteiger partial charge in [-0.05, 0) is 20.0 Å². The molecule has 0 amide bonds. The van der Waals surface area contributed by atoms with Gasteiger partial charge < -0.3 is 5.11 Å². The molecular weight excluding hydrogens is 114 g/mol. The maximum absolute atomic E-state index is 8.56. The molecule has 0 radical (unpaired) electrons. The second kappa shape index (κ2) is 6.05. The average molecular weight is 131 g/mol.